The number of rotatable bonds is 4. The first kappa shape index (κ1) is 19.6. The Kier molecular flexibility index (Phi) is 6.21. The van der Waals surface area contributed by atoms with Gasteiger partial charge in [-0.25, -0.2) is 14.8 Å². The van der Waals surface area contributed by atoms with Crippen LogP contribution in [-0.4, -0.2) is 55.4 Å². The topological polar surface area (TPSA) is 91.4 Å². The van der Waals surface area contributed by atoms with Gasteiger partial charge in [0.25, 0.3) is 0 Å². The van der Waals surface area contributed by atoms with E-state index < -0.39 is 0 Å². The third kappa shape index (κ3) is 4.65. The number of urea groups is 1. The van der Waals surface area contributed by atoms with E-state index in [1.165, 1.54) is 5.56 Å². The molecule has 0 radical (unpaired) electrons. The molecule has 8 nitrogen and oxygen atoms in total. The van der Waals surface area contributed by atoms with Crippen molar-refractivity contribution in [1.29, 1.82) is 0 Å². The van der Waals surface area contributed by atoms with Crippen molar-refractivity contribution in [2.24, 2.45) is 0 Å². The Morgan fingerprint density at radius 1 is 1.21 bits per heavy atom. The van der Waals surface area contributed by atoms with Crippen LogP contribution in [0.1, 0.15) is 24.6 Å². The normalized spacial score (nSPS) is 16.7. The number of carbonyl (C=O) groups excluding carboxylic acids is 1. The molecule has 154 valence electrons. The van der Waals surface area contributed by atoms with Crippen molar-refractivity contribution in [3.05, 3.63) is 35.5 Å². The number of benzene rings is 1. The maximum atomic E-state index is 11.7. The second-order valence-electron chi connectivity index (χ2n) is 7.24. The van der Waals surface area contributed by atoms with Crippen LogP contribution >= 0.6 is 0 Å². The van der Waals surface area contributed by atoms with Crippen LogP contribution in [0.15, 0.2) is 24.3 Å². The van der Waals surface area contributed by atoms with Gasteiger partial charge in [0.1, 0.15) is 5.82 Å². The molecule has 1 saturated heterocycles. The third-order valence-corrected chi connectivity index (χ3v) is 5.18. The van der Waals surface area contributed by atoms with Crippen LogP contribution in [0.4, 0.5) is 16.3 Å². The molecule has 2 amide bonds. The summed E-state index contributed by atoms with van der Waals surface area (Å²) < 4.78 is 5.63. The van der Waals surface area contributed by atoms with E-state index in [0.717, 1.165) is 80.8 Å². The van der Waals surface area contributed by atoms with Crippen LogP contribution in [0.25, 0.3) is 11.4 Å². The molecule has 4 rings (SSSR count). The van der Waals surface area contributed by atoms with Gasteiger partial charge in [0.2, 0.25) is 0 Å². The van der Waals surface area contributed by atoms with Crippen molar-refractivity contribution in [2.45, 2.75) is 26.3 Å². The number of ether oxygens (including phenoxy) is 1. The molecule has 1 fully saturated rings. The molecule has 2 aromatic rings. The van der Waals surface area contributed by atoms with Crippen molar-refractivity contribution in [3.8, 4) is 11.4 Å². The standard InChI is InChI=1S/C21H28N6O2/c1-2-23-21(28)24-16-6-4-15(5-7-16)19-25-18-14-22-9-8-17(18)20(26-19)27-10-3-12-29-13-11-27/h4-7,22H,2-3,8-14H2,1H3,(H2,23,24,28). The summed E-state index contributed by atoms with van der Waals surface area (Å²) in [6.07, 6.45) is 1.95. The highest BCUT2D eigenvalue weighted by molar-refractivity contribution is 5.89. The summed E-state index contributed by atoms with van der Waals surface area (Å²) in [4.78, 5) is 23.9. The Morgan fingerprint density at radius 3 is 2.90 bits per heavy atom. The molecule has 0 atom stereocenters. The first-order valence-electron chi connectivity index (χ1n) is 10.3. The summed E-state index contributed by atoms with van der Waals surface area (Å²) >= 11 is 0. The quantitative estimate of drug-likeness (QED) is 0.734. The van der Waals surface area contributed by atoms with Crippen LogP contribution < -0.4 is 20.9 Å². The Balaban J connectivity index is 1.63. The second kappa shape index (κ2) is 9.19. The first-order chi connectivity index (χ1) is 14.2. The lowest BCUT2D eigenvalue weighted by atomic mass is 10.1. The highest BCUT2D eigenvalue weighted by Gasteiger charge is 2.23. The average molecular weight is 396 g/mol. The molecule has 3 heterocycles. The predicted molar refractivity (Wildman–Crippen MR) is 113 cm³/mol. The molecule has 0 aliphatic carbocycles. The molecule has 1 aromatic heterocycles. The Hall–Kier alpha value is -2.71. The summed E-state index contributed by atoms with van der Waals surface area (Å²) in [5.74, 6) is 1.76. The zero-order valence-electron chi connectivity index (χ0n) is 16.8. The second-order valence-corrected chi connectivity index (χ2v) is 7.24. The molecule has 8 heteroatoms. The average Bonchev–Trinajstić information content (AvgIpc) is 3.03. The highest BCUT2D eigenvalue weighted by atomic mass is 16.5. The van der Waals surface area contributed by atoms with E-state index in [1.54, 1.807) is 0 Å². The van der Waals surface area contributed by atoms with Gasteiger partial charge < -0.3 is 25.6 Å². The summed E-state index contributed by atoms with van der Waals surface area (Å²) in [6, 6.07) is 7.46. The van der Waals surface area contributed by atoms with Gasteiger partial charge in [-0.05, 0) is 50.6 Å². The van der Waals surface area contributed by atoms with Crippen molar-refractivity contribution in [1.82, 2.24) is 20.6 Å². The van der Waals surface area contributed by atoms with E-state index in [0.29, 0.717) is 6.54 Å². The third-order valence-electron chi connectivity index (χ3n) is 5.18. The fraction of sp³-hybridized carbons (Fsp3) is 0.476. The van der Waals surface area contributed by atoms with Crippen LogP contribution in [0.5, 0.6) is 0 Å². The van der Waals surface area contributed by atoms with Gasteiger partial charge in [-0.3, -0.25) is 0 Å². The summed E-state index contributed by atoms with van der Waals surface area (Å²) in [5.41, 5.74) is 4.01. The van der Waals surface area contributed by atoms with E-state index in [1.807, 2.05) is 31.2 Å². The van der Waals surface area contributed by atoms with Gasteiger partial charge in [-0.15, -0.1) is 0 Å². The maximum Gasteiger partial charge on any atom is 0.319 e. The minimum Gasteiger partial charge on any atom is -0.380 e. The lowest BCUT2D eigenvalue weighted by molar-refractivity contribution is 0.152. The molecule has 29 heavy (non-hydrogen) atoms. The van der Waals surface area contributed by atoms with E-state index >= 15 is 0 Å². The number of amides is 2. The summed E-state index contributed by atoms with van der Waals surface area (Å²) in [5, 5.41) is 8.96. The number of fused-ring (bicyclic) bond motifs is 1. The van der Waals surface area contributed by atoms with Gasteiger partial charge in [-0.1, -0.05) is 0 Å². The molecule has 0 bridgehead atoms. The number of nitrogens with zero attached hydrogens (tertiary/aromatic N) is 3. The number of aromatic nitrogens is 2. The molecule has 2 aliphatic rings. The molecule has 0 saturated carbocycles. The molecule has 2 aliphatic heterocycles. The van der Waals surface area contributed by atoms with Crippen LogP contribution in [-0.2, 0) is 17.7 Å². The summed E-state index contributed by atoms with van der Waals surface area (Å²) in [7, 11) is 0. The zero-order chi connectivity index (χ0) is 20.1. The SMILES string of the molecule is CCNC(=O)Nc1ccc(-c2nc3c(c(N4CCCOCC4)n2)CCNC3)cc1. The first-order valence-corrected chi connectivity index (χ1v) is 10.3. The van der Waals surface area contributed by atoms with Crippen molar-refractivity contribution < 1.29 is 9.53 Å². The molecule has 0 spiro atoms. The van der Waals surface area contributed by atoms with Crippen LogP contribution in [0, 0.1) is 0 Å². The minimum absolute atomic E-state index is 0.206. The lowest BCUT2D eigenvalue weighted by Gasteiger charge is -2.27. The molecule has 3 N–H and O–H groups in total. The van der Waals surface area contributed by atoms with E-state index in [-0.39, 0.29) is 6.03 Å². The fourth-order valence-electron chi connectivity index (χ4n) is 3.73. The Bertz CT molecular complexity index is 847. The van der Waals surface area contributed by atoms with Gasteiger partial charge in [-0.2, -0.15) is 0 Å². The Morgan fingerprint density at radius 2 is 2.07 bits per heavy atom. The Labute approximate surface area is 171 Å². The zero-order valence-corrected chi connectivity index (χ0v) is 16.8. The monoisotopic (exact) mass is 396 g/mol. The number of anilines is 2. The van der Waals surface area contributed by atoms with Crippen LogP contribution in [0.2, 0.25) is 0 Å². The number of hydrogen-bond donors (Lipinski definition) is 3. The minimum atomic E-state index is -0.206. The molecule has 0 unspecified atom stereocenters. The highest BCUT2D eigenvalue weighted by Crippen LogP contribution is 2.28. The maximum absolute atomic E-state index is 11.7. The molecular formula is C21H28N6O2. The van der Waals surface area contributed by atoms with Gasteiger partial charge in [0, 0.05) is 49.6 Å². The van der Waals surface area contributed by atoms with E-state index in [2.05, 4.69) is 20.9 Å². The fourth-order valence-corrected chi connectivity index (χ4v) is 3.73. The van der Waals surface area contributed by atoms with Gasteiger partial charge >= 0.3 is 6.03 Å². The van der Waals surface area contributed by atoms with Gasteiger partial charge in [0.05, 0.1) is 12.3 Å². The van der Waals surface area contributed by atoms with Crippen molar-refractivity contribution in [3.63, 3.8) is 0 Å². The smallest absolute Gasteiger partial charge is 0.319 e. The molecular weight excluding hydrogens is 368 g/mol. The number of carbonyl (C=O) groups is 1. The van der Waals surface area contributed by atoms with E-state index in [4.69, 9.17) is 14.7 Å². The van der Waals surface area contributed by atoms with Crippen molar-refractivity contribution in [2.75, 3.05) is 49.6 Å². The van der Waals surface area contributed by atoms with E-state index in [9.17, 15) is 4.79 Å². The predicted octanol–water partition coefficient (Wildman–Crippen LogP) is 2.16. The molecule has 1 aromatic carbocycles. The number of nitrogens with one attached hydrogen (secondary N) is 3. The van der Waals surface area contributed by atoms with Crippen molar-refractivity contribution >= 4 is 17.5 Å². The lowest BCUT2D eigenvalue weighted by Crippen LogP contribution is -2.32. The number of hydrogen-bond acceptors (Lipinski definition) is 6. The largest absolute Gasteiger partial charge is 0.380 e. The summed E-state index contributed by atoms with van der Waals surface area (Å²) in [6.45, 7) is 7.53. The van der Waals surface area contributed by atoms with Gasteiger partial charge in [0.15, 0.2) is 5.82 Å². The van der Waals surface area contributed by atoms with Crippen LogP contribution in [0.3, 0.4) is 0 Å².